The van der Waals surface area contributed by atoms with Crippen molar-refractivity contribution < 1.29 is 14.3 Å². The number of carbonyl (C=O) groups is 1. The first-order valence-corrected chi connectivity index (χ1v) is 14.1. The Labute approximate surface area is 224 Å². The van der Waals surface area contributed by atoms with E-state index < -0.39 is 0 Å². The van der Waals surface area contributed by atoms with Crippen molar-refractivity contribution in [2.24, 2.45) is 11.8 Å². The summed E-state index contributed by atoms with van der Waals surface area (Å²) < 4.78 is 13.7. The van der Waals surface area contributed by atoms with E-state index in [0.717, 1.165) is 86.3 Å². The number of benzene rings is 1. The van der Waals surface area contributed by atoms with E-state index in [1.807, 2.05) is 26.8 Å². The minimum Gasteiger partial charge on any atom is -0.461 e. The molecule has 3 aromatic rings. The number of pyridine rings is 1. The SMILES string of the molecule is Cc1cc(-c2nc3cc(CN[C@H](C(=O)OC4CCCC4)C(C)C)ccc3n2CC2CCOCC2)c[nH]c1=O. The first-order valence-electron chi connectivity index (χ1n) is 14.1. The Morgan fingerprint density at radius 1 is 1.18 bits per heavy atom. The largest absolute Gasteiger partial charge is 0.461 e. The molecule has 1 aliphatic carbocycles. The first-order chi connectivity index (χ1) is 18.4. The molecule has 1 atom stereocenters. The molecule has 0 unspecified atom stereocenters. The van der Waals surface area contributed by atoms with Gasteiger partial charge in [-0.15, -0.1) is 0 Å². The van der Waals surface area contributed by atoms with Gasteiger partial charge in [-0.2, -0.15) is 0 Å². The minimum absolute atomic E-state index is 0.0663. The van der Waals surface area contributed by atoms with Gasteiger partial charge < -0.3 is 24.3 Å². The van der Waals surface area contributed by atoms with E-state index in [1.54, 1.807) is 6.20 Å². The van der Waals surface area contributed by atoms with Crippen molar-refractivity contribution in [1.82, 2.24) is 19.9 Å². The zero-order valence-electron chi connectivity index (χ0n) is 22.8. The molecule has 0 spiro atoms. The summed E-state index contributed by atoms with van der Waals surface area (Å²) in [5.74, 6) is 1.35. The molecule has 0 bridgehead atoms. The third-order valence-corrected chi connectivity index (χ3v) is 7.97. The summed E-state index contributed by atoms with van der Waals surface area (Å²) in [7, 11) is 0. The van der Waals surface area contributed by atoms with Gasteiger partial charge in [0.25, 0.3) is 5.56 Å². The highest BCUT2D eigenvalue weighted by Crippen LogP contribution is 2.29. The summed E-state index contributed by atoms with van der Waals surface area (Å²) in [5, 5.41) is 3.44. The van der Waals surface area contributed by atoms with E-state index in [1.165, 1.54) is 0 Å². The minimum atomic E-state index is -0.350. The second kappa shape index (κ2) is 11.8. The Morgan fingerprint density at radius 3 is 2.66 bits per heavy atom. The van der Waals surface area contributed by atoms with E-state index in [-0.39, 0.29) is 29.6 Å². The molecule has 0 radical (unpaired) electrons. The van der Waals surface area contributed by atoms with Crippen molar-refractivity contribution in [2.75, 3.05) is 13.2 Å². The number of hydrogen-bond acceptors (Lipinski definition) is 6. The Morgan fingerprint density at radius 2 is 1.95 bits per heavy atom. The lowest BCUT2D eigenvalue weighted by Crippen LogP contribution is -2.42. The number of carbonyl (C=O) groups excluding carboxylic acids is 1. The van der Waals surface area contributed by atoms with Crippen molar-refractivity contribution in [2.45, 2.75) is 84.5 Å². The normalized spacial score (nSPS) is 17.9. The molecular formula is C30H40N4O4. The lowest BCUT2D eigenvalue weighted by Gasteiger charge is -2.24. The van der Waals surface area contributed by atoms with Gasteiger partial charge in [0.1, 0.15) is 18.0 Å². The number of aromatic amines is 1. The molecule has 2 fully saturated rings. The predicted molar refractivity (Wildman–Crippen MR) is 148 cm³/mol. The molecule has 2 aromatic heterocycles. The number of esters is 1. The molecule has 8 heteroatoms. The zero-order valence-corrected chi connectivity index (χ0v) is 22.8. The molecule has 5 rings (SSSR count). The van der Waals surface area contributed by atoms with E-state index >= 15 is 0 Å². The maximum absolute atomic E-state index is 12.9. The summed E-state index contributed by atoms with van der Waals surface area (Å²) >= 11 is 0. The molecule has 2 aliphatic rings. The van der Waals surface area contributed by atoms with Crippen LogP contribution in [0.3, 0.4) is 0 Å². The van der Waals surface area contributed by atoms with Gasteiger partial charge in [-0.05, 0) is 81.0 Å². The molecular weight excluding hydrogens is 480 g/mol. The number of H-pyrrole nitrogens is 1. The molecule has 0 amide bonds. The number of nitrogens with zero attached hydrogens (tertiary/aromatic N) is 2. The number of aromatic nitrogens is 3. The molecule has 2 N–H and O–H groups in total. The lowest BCUT2D eigenvalue weighted by molar-refractivity contribution is -0.152. The van der Waals surface area contributed by atoms with Crippen LogP contribution in [0.4, 0.5) is 0 Å². The number of imidazole rings is 1. The fraction of sp³-hybridized carbons (Fsp3) is 0.567. The van der Waals surface area contributed by atoms with Crippen molar-refractivity contribution in [1.29, 1.82) is 0 Å². The Balaban J connectivity index is 1.39. The summed E-state index contributed by atoms with van der Waals surface area (Å²) in [6, 6.07) is 7.90. The molecule has 1 saturated carbocycles. The van der Waals surface area contributed by atoms with E-state index in [2.05, 4.69) is 33.1 Å². The molecule has 3 heterocycles. The predicted octanol–water partition coefficient (Wildman–Crippen LogP) is 4.73. The fourth-order valence-electron chi connectivity index (χ4n) is 5.67. The Bertz CT molecular complexity index is 1320. The topological polar surface area (TPSA) is 98.2 Å². The van der Waals surface area contributed by atoms with Gasteiger partial charge in [0.2, 0.25) is 0 Å². The highest BCUT2D eigenvalue weighted by Gasteiger charge is 2.28. The maximum atomic E-state index is 12.9. The highest BCUT2D eigenvalue weighted by molar-refractivity contribution is 5.81. The quantitative estimate of drug-likeness (QED) is 0.396. The number of ether oxygens (including phenoxy) is 2. The monoisotopic (exact) mass is 520 g/mol. The van der Waals surface area contributed by atoms with Crippen molar-refractivity contribution in [3.8, 4) is 11.4 Å². The summed E-state index contributed by atoms with van der Waals surface area (Å²) in [4.78, 5) is 32.8. The molecule has 1 aromatic carbocycles. The number of aryl methyl sites for hydroxylation is 1. The average Bonchev–Trinajstić information content (AvgIpc) is 3.54. The second-order valence-corrected chi connectivity index (χ2v) is 11.3. The van der Waals surface area contributed by atoms with Crippen molar-refractivity contribution >= 4 is 17.0 Å². The van der Waals surface area contributed by atoms with Gasteiger partial charge in [0, 0.05) is 43.6 Å². The van der Waals surface area contributed by atoms with Crippen LogP contribution in [0.2, 0.25) is 0 Å². The third-order valence-electron chi connectivity index (χ3n) is 7.97. The van der Waals surface area contributed by atoms with E-state index in [9.17, 15) is 9.59 Å². The first kappa shape index (κ1) is 26.6. The number of nitrogens with one attached hydrogen (secondary N) is 2. The fourth-order valence-corrected chi connectivity index (χ4v) is 5.67. The second-order valence-electron chi connectivity index (χ2n) is 11.3. The lowest BCUT2D eigenvalue weighted by atomic mass is 10.00. The van der Waals surface area contributed by atoms with Gasteiger partial charge in [-0.25, -0.2) is 4.98 Å². The Hall–Kier alpha value is -2.97. The van der Waals surface area contributed by atoms with Crippen molar-refractivity contribution in [3.05, 3.63) is 51.9 Å². The standard InChI is InChI=1S/C30H40N4O4/c1-19(2)27(30(36)38-24-6-4-5-7-24)31-16-22-8-9-26-25(15-22)33-28(23-14-20(3)29(35)32-17-23)34(26)18-21-10-12-37-13-11-21/h8-9,14-15,17,19,21,24,27,31H,4-7,10-13,16,18H2,1-3H3,(H,32,35)/t27-/m0/s1. The zero-order chi connectivity index (χ0) is 26.6. The molecule has 1 aliphatic heterocycles. The van der Waals surface area contributed by atoms with Crippen LogP contribution in [-0.2, 0) is 27.4 Å². The average molecular weight is 521 g/mol. The molecule has 1 saturated heterocycles. The van der Waals surface area contributed by atoms with Crippen LogP contribution in [0.1, 0.15) is 63.5 Å². The van der Waals surface area contributed by atoms with Gasteiger partial charge in [0.05, 0.1) is 11.0 Å². The molecule has 38 heavy (non-hydrogen) atoms. The van der Waals surface area contributed by atoms with Gasteiger partial charge in [-0.3, -0.25) is 9.59 Å². The molecule has 8 nitrogen and oxygen atoms in total. The molecule has 204 valence electrons. The smallest absolute Gasteiger partial charge is 0.323 e. The summed E-state index contributed by atoms with van der Waals surface area (Å²) in [6.07, 6.45) is 8.10. The van der Waals surface area contributed by atoms with Gasteiger partial charge in [-0.1, -0.05) is 19.9 Å². The highest BCUT2D eigenvalue weighted by atomic mass is 16.5. The summed E-state index contributed by atoms with van der Waals surface area (Å²) in [5.41, 5.74) is 4.53. The van der Waals surface area contributed by atoms with E-state index in [0.29, 0.717) is 18.0 Å². The van der Waals surface area contributed by atoms with Crippen LogP contribution >= 0.6 is 0 Å². The van der Waals surface area contributed by atoms with Crippen LogP contribution in [0.15, 0.2) is 35.3 Å². The third kappa shape index (κ3) is 6.02. The van der Waals surface area contributed by atoms with Crippen LogP contribution in [0.25, 0.3) is 22.4 Å². The van der Waals surface area contributed by atoms with Gasteiger partial charge >= 0.3 is 5.97 Å². The van der Waals surface area contributed by atoms with Crippen LogP contribution < -0.4 is 10.9 Å². The number of fused-ring (bicyclic) bond motifs is 1. The summed E-state index contributed by atoms with van der Waals surface area (Å²) in [6.45, 7) is 8.91. The van der Waals surface area contributed by atoms with Crippen LogP contribution in [-0.4, -0.2) is 45.9 Å². The van der Waals surface area contributed by atoms with Crippen LogP contribution in [0, 0.1) is 18.8 Å². The van der Waals surface area contributed by atoms with E-state index in [4.69, 9.17) is 14.5 Å². The van der Waals surface area contributed by atoms with Crippen molar-refractivity contribution in [3.63, 3.8) is 0 Å². The maximum Gasteiger partial charge on any atom is 0.323 e. The number of rotatable bonds is 9. The van der Waals surface area contributed by atoms with Crippen LogP contribution in [0.5, 0.6) is 0 Å². The number of hydrogen-bond donors (Lipinski definition) is 2. The Kier molecular flexibility index (Phi) is 8.29. The van der Waals surface area contributed by atoms with Gasteiger partial charge in [0.15, 0.2) is 0 Å².